The van der Waals surface area contributed by atoms with Gasteiger partial charge < -0.3 is 15.2 Å². The fraction of sp³-hybridized carbons (Fsp3) is 0.375. The van der Waals surface area contributed by atoms with Gasteiger partial charge in [-0.15, -0.1) is 0 Å². The lowest BCUT2D eigenvalue weighted by Crippen LogP contribution is -2.32. The predicted octanol–water partition coefficient (Wildman–Crippen LogP) is 6.98. The van der Waals surface area contributed by atoms with Crippen molar-refractivity contribution >= 4 is 12.2 Å². The second-order valence-electron chi connectivity index (χ2n) is 11.3. The Kier molecular flexibility index (Phi) is 8.93. The molecule has 0 radical (unpaired) electrons. The van der Waals surface area contributed by atoms with E-state index in [1.165, 1.54) is 11.1 Å². The van der Waals surface area contributed by atoms with Crippen molar-refractivity contribution in [3.05, 3.63) is 101 Å². The summed E-state index contributed by atoms with van der Waals surface area (Å²) in [5.74, 6) is 0.893. The Morgan fingerprint density at radius 3 is 1.83 bits per heavy atom. The highest BCUT2D eigenvalue weighted by Crippen LogP contribution is 2.41. The third-order valence-electron chi connectivity index (χ3n) is 5.97. The van der Waals surface area contributed by atoms with Crippen LogP contribution in [0.4, 0.5) is 0 Å². The molecule has 0 aliphatic rings. The summed E-state index contributed by atoms with van der Waals surface area (Å²) in [5, 5.41) is 14.0. The van der Waals surface area contributed by atoms with Gasteiger partial charge in [-0.1, -0.05) is 114 Å². The van der Waals surface area contributed by atoms with Crippen molar-refractivity contribution in [1.29, 1.82) is 0 Å². The lowest BCUT2D eigenvalue weighted by atomic mass is 9.78. The number of benzene rings is 3. The molecule has 3 heteroatoms. The van der Waals surface area contributed by atoms with Gasteiger partial charge in [0.05, 0.1) is 0 Å². The standard InChI is InChI=1S/C32H41NO2/c1-31(2,3)28-19-26(18-17-24-13-9-7-10-14-24)20-29(32(4,5)6)30(28)35-23-27(34)22-33-21-25-15-11-8-12-16-25/h7-20,27,33-34H,21-23H2,1-6H3/b18-17+. The van der Waals surface area contributed by atoms with Crippen LogP contribution in [-0.4, -0.2) is 24.4 Å². The summed E-state index contributed by atoms with van der Waals surface area (Å²) in [7, 11) is 0. The van der Waals surface area contributed by atoms with Crippen molar-refractivity contribution in [2.45, 2.75) is 65.0 Å². The Balaban J connectivity index is 1.81. The van der Waals surface area contributed by atoms with Crippen molar-refractivity contribution in [2.75, 3.05) is 13.2 Å². The molecular formula is C32H41NO2. The average Bonchev–Trinajstić information content (AvgIpc) is 2.81. The first-order valence-corrected chi connectivity index (χ1v) is 12.5. The first-order valence-electron chi connectivity index (χ1n) is 12.5. The van der Waals surface area contributed by atoms with E-state index >= 15 is 0 Å². The van der Waals surface area contributed by atoms with Gasteiger partial charge in [-0.25, -0.2) is 0 Å². The van der Waals surface area contributed by atoms with E-state index in [1.807, 2.05) is 24.3 Å². The molecule has 0 heterocycles. The van der Waals surface area contributed by atoms with Crippen molar-refractivity contribution in [2.24, 2.45) is 0 Å². The first-order chi connectivity index (χ1) is 16.5. The Bertz CT molecular complexity index is 1050. The molecule has 0 spiro atoms. The van der Waals surface area contributed by atoms with Gasteiger partial charge in [0.1, 0.15) is 18.5 Å². The van der Waals surface area contributed by atoms with Gasteiger partial charge in [-0.3, -0.25) is 0 Å². The van der Waals surface area contributed by atoms with Crippen LogP contribution in [0.25, 0.3) is 12.2 Å². The quantitative estimate of drug-likeness (QED) is 0.331. The van der Waals surface area contributed by atoms with Crippen LogP contribution >= 0.6 is 0 Å². The molecule has 2 N–H and O–H groups in total. The summed E-state index contributed by atoms with van der Waals surface area (Å²) in [5.41, 5.74) is 5.62. The van der Waals surface area contributed by atoms with Gasteiger partial charge >= 0.3 is 0 Å². The van der Waals surface area contributed by atoms with Gasteiger partial charge in [0, 0.05) is 24.2 Å². The summed E-state index contributed by atoms with van der Waals surface area (Å²) >= 11 is 0. The zero-order valence-electron chi connectivity index (χ0n) is 22.1. The fourth-order valence-electron chi connectivity index (χ4n) is 3.99. The van der Waals surface area contributed by atoms with Gasteiger partial charge in [0.15, 0.2) is 0 Å². The number of aliphatic hydroxyl groups is 1. The lowest BCUT2D eigenvalue weighted by Gasteiger charge is -2.31. The van der Waals surface area contributed by atoms with E-state index in [-0.39, 0.29) is 17.4 Å². The summed E-state index contributed by atoms with van der Waals surface area (Å²) in [4.78, 5) is 0. The molecule has 186 valence electrons. The summed E-state index contributed by atoms with van der Waals surface area (Å²) in [6.07, 6.45) is 3.72. The molecule has 3 nitrogen and oxygen atoms in total. The minimum Gasteiger partial charge on any atom is -0.490 e. The zero-order chi connectivity index (χ0) is 25.5. The largest absolute Gasteiger partial charge is 0.490 e. The molecule has 0 fully saturated rings. The Hall–Kier alpha value is -2.88. The maximum absolute atomic E-state index is 10.6. The van der Waals surface area contributed by atoms with Crippen LogP contribution in [0.15, 0.2) is 72.8 Å². The molecular weight excluding hydrogens is 430 g/mol. The van der Waals surface area contributed by atoms with Gasteiger partial charge in [0.2, 0.25) is 0 Å². The van der Waals surface area contributed by atoms with Gasteiger partial charge in [0.25, 0.3) is 0 Å². The van der Waals surface area contributed by atoms with E-state index in [0.717, 1.165) is 29.0 Å². The minimum atomic E-state index is -0.600. The third kappa shape index (κ3) is 8.09. The predicted molar refractivity (Wildman–Crippen MR) is 149 cm³/mol. The molecule has 3 aromatic rings. The van der Waals surface area contributed by atoms with Crippen molar-refractivity contribution < 1.29 is 9.84 Å². The van der Waals surface area contributed by atoms with Crippen LogP contribution in [0.5, 0.6) is 5.75 Å². The lowest BCUT2D eigenvalue weighted by molar-refractivity contribution is 0.104. The molecule has 0 aromatic heterocycles. The molecule has 0 amide bonds. The van der Waals surface area contributed by atoms with E-state index in [0.29, 0.717) is 6.54 Å². The van der Waals surface area contributed by atoms with Crippen LogP contribution in [0, 0.1) is 0 Å². The topological polar surface area (TPSA) is 41.5 Å². The van der Waals surface area contributed by atoms with Crippen molar-refractivity contribution in [1.82, 2.24) is 5.32 Å². The second-order valence-corrected chi connectivity index (χ2v) is 11.3. The number of nitrogens with one attached hydrogen (secondary N) is 1. The number of ether oxygens (including phenoxy) is 1. The highest BCUT2D eigenvalue weighted by molar-refractivity contribution is 5.71. The average molecular weight is 472 g/mol. The van der Waals surface area contributed by atoms with E-state index in [2.05, 4.69) is 108 Å². The second kappa shape index (κ2) is 11.7. The molecule has 0 aliphatic heterocycles. The number of aliphatic hydroxyl groups excluding tert-OH is 1. The molecule has 35 heavy (non-hydrogen) atoms. The first kappa shape index (κ1) is 26.7. The molecule has 3 rings (SSSR count). The van der Waals surface area contributed by atoms with Crippen LogP contribution < -0.4 is 10.1 Å². The molecule has 0 saturated carbocycles. The SMILES string of the molecule is CC(C)(C)c1cc(/C=C/c2ccccc2)cc(C(C)(C)C)c1OCC(O)CNCc1ccccc1. The molecule has 1 unspecified atom stereocenters. The number of hydrogen-bond acceptors (Lipinski definition) is 3. The Morgan fingerprint density at radius 1 is 0.771 bits per heavy atom. The highest BCUT2D eigenvalue weighted by Gasteiger charge is 2.28. The smallest absolute Gasteiger partial charge is 0.126 e. The van der Waals surface area contributed by atoms with Crippen molar-refractivity contribution in [3.63, 3.8) is 0 Å². The van der Waals surface area contributed by atoms with Gasteiger partial charge in [-0.2, -0.15) is 0 Å². The van der Waals surface area contributed by atoms with Crippen LogP contribution in [-0.2, 0) is 17.4 Å². The summed E-state index contributed by atoms with van der Waals surface area (Å²) < 4.78 is 6.39. The van der Waals surface area contributed by atoms with Crippen molar-refractivity contribution in [3.8, 4) is 5.75 Å². The normalized spacial score (nSPS) is 13.2. The molecule has 1 atom stereocenters. The molecule has 0 bridgehead atoms. The van der Waals surface area contributed by atoms with E-state index in [4.69, 9.17) is 4.74 Å². The monoisotopic (exact) mass is 471 g/mol. The highest BCUT2D eigenvalue weighted by atomic mass is 16.5. The van der Waals surface area contributed by atoms with E-state index in [9.17, 15) is 5.11 Å². The maximum atomic E-state index is 10.6. The van der Waals surface area contributed by atoms with E-state index in [1.54, 1.807) is 0 Å². The minimum absolute atomic E-state index is 0.109. The molecule has 3 aromatic carbocycles. The molecule has 0 aliphatic carbocycles. The Morgan fingerprint density at radius 2 is 1.29 bits per heavy atom. The summed E-state index contributed by atoms with van der Waals surface area (Å²) in [6.45, 7) is 14.7. The zero-order valence-corrected chi connectivity index (χ0v) is 22.1. The van der Waals surface area contributed by atoms with Gasteiger partial charge in [-0.05, 0) is 39.7 Å². The number of rotatable bonds is 9. The summed E-state index contributed by atoms with van der Waals surface area (Å²) in [6, 6.07) is 25.0. The third-order valence-corrected chi connectivity index (χ3v) is 5.97. The maximum Gasteiger partial charge on any atom is 0.126 e. The Labute approximate surface area is 211 Å². The van der Waals surface area contributed by atoms with Crippen LogP contribution in [0.2, 0.25) is 0 Å². The fourth-order valence-corrected chi connectivity index (χ4v) is 3.99. The van der Waals surface area contributed by atoms with Crippen LogP contribution in [0.1, 0.15) is 69.4 Å². The van der Waals surface area contributed by atoms with Crippen LogP contribution in [0.3, 0.4) is 0 Å². The number of hydrogen-bond donors (Lipinski definition) is 2. The van der Waals surface area contributed by atoms with E-state index < -0.39 is 6.10 Å². The molecule has 0 saturated heterocycles.